The Labute approximate surface area is 319 Å². The molecule has 2 aliphatic rings. The van der Waals surface area contributed by atoms with Crippen LogP contribution >= 0.6 is 22.7 Å². The maximum absolute atomic E-state index is 5.06. The molecule has 54 heavy (non-hydrogen) atoms. The van der Waals surface area contributed by atoms with E-state index in [2.05, 4.69) is 93.4 Å². The van der Waals surface area contributed by atoms with Crippen LogP contribution in [0.15, 0.2) is 163 Å². The fourth-order valence-electron chi connectivity index (χ4n) is 7.95. The fourth-order valence-corrected chi connectivity index (χ4v) is 10.0. The van der Waals surface area contributed by atoms with Gasteiger partial charge in [-0.05, 0) is 82.6 Å². The number of hydrogen-bond acceptors (Lipinski definition) is 9. The zero-order valence-electron chi connectivity index (χ0n) is 28.5. The number of anilines is 3. The van der Waals surface area contributed by atoms with Gasteiger partial charge in [0, 0.05) is 67.4 Å². The zero-order chi connectivity index (χ0) is 35.6. The second-order valence-corrected chi connectivity index (χ2v) is 15.0. The van der Waals surface area contributed by atoms with E-state index in [1.54, 1.807) is 6.20 Å². The lowest BCUT2D eigenvalue weighted by Gasteiger charge is -2.42. The summed E-state index contributed by atoms with van der Waals surface area (Å²) >= 11 is 3.62. The normalized spacial score (nSPS) is 13.3. The number of rotatable bonds is 5. The van der Waals surface area contributed by atoms with E-state index in [9.17, 15) is 0 Å². The minimum atomic E-state index is -0.487. The second-order valence-electron chi connectivity index (χ2n) is 13.2. The van der Waals surface area contributed by atoms with Crippen LogP contribution in [-0.2, 0) is 5.41 Å². The van der Waals surface area contributed by atoms with E-state index in [4.69, 9.17) is 24.9 Å². The van der Waals surface area contributed by atoms with Gasteiger partial charge in [-0.2, -0.15) is 0 Å². The summed E-state index contributed by atoms with van der Waals surface area (Å²) in [6.45, 7) is 0. The molecule has 1 spiro atoms. The molecule has 0 radical (unpaired) electrons. The summed E-state index contributed by atoms with van der Waals surface area (Å²) in [5.74, 6) is 3.55. The molecule has 254 valence electrons. The molecule has 3 aromatic carbocycles. The minimum absolute atomic E-state index is 0.487. The van der Waals surface area contributed by atoms with Crippen molar-refractivity contribution in [3.63, 3.8) is 0 Å². The number of benzene rings is 3. The van der Waals surface area contributed by atoms with Gasteiger partial charge in [-0.1, -0.05) is 72.8 Å². The van der Waals surface area contributed by atoms with E-state index in [0.29, 0.717) is 17.5 Å². The highest BCUT2D eigenvalue weighted by Gasteiger charge is 2.53. The Balaban J connectivity index is 1.02. The molecule has 0 unspecified atom stereocenters. The molecule has 0 bridgehead atoms. The van der Waals surface area contributed by atoms with Gasteiger partial charge >= 0.3 is 0 Å². The number of hydrogen-bond donors (Lipinski definition) is 0. The van der Waals surface area contributed by atoms with Gasteiger partial charge in [-0.3, -0.25) is 9.88 Å². The van der Waals surface area contributed by atoms with Crippen LogP contribution in [0.2, 0.25) is 0 Å². The molecule has 0 amide bonds. The minimum Gasteiger partial charge on any atom is -0.278 e. The van der Waals surface area contributed by atoms with E-state index < -0.39 is 5.41 Å². The van der Waals surface area contributed by atoms with Gasteiger partial charge in [0.05, 0.1) is 11.1 Å². The van der Waals surface area contributed by atoms with Gasteiger partial charge in [0.15, 0.2) is 17.5 Å². The van der Waals surface area contributed by atoms with Gasteiger partial charge in [-0.15, -0.1) is 22.7 Å². The van der Waals surface area contributed by atoms with E-state index >= 15 is 0 Å². The molecule has 11 rings (SSSR count). The van der Waals surface area contributed by atoms with Gasteiger partial charge in [0.2, 0.25) is 0 Å². The lowest BCUT2D eigenvalue weighted by Crippen LogP contribution is -2.36. The first-order valence-corrected chi connectivity index (χ1v) is 19.3. The monoisotopic (exact) mass is 729 g/mol. The van der Waals surface area contributed by atoms with Crippen molar-refractivity contribution in [3.05, 3.63) is 185 Å². The molecule has 1 aliphatic heterocycles. The van der Waals surface area contributed by atoms with Crippen LogP contribution in [0.3, 0.4) is 0 Å². The molecular weight excluding hydrogens is 703 g/mol. The summed E-state index contributed by atoms with van der Waals surface area (Å²) in [5, 5.41) is 4.42. The van der Waals surface area contributed by atoms with E-state index in [1.807, 2.05) is 95.7 Å². The Kier molecular flexibility index (Phi) is 6.98. The molecule has 0 fully saturated rings. The molecule has 0 N–H and O–H groups in total. The maximum Gasteiger partial charge on any atom is 0.164 e. The zero-order valence-corrected chi connectivity index (χ0v) is 30.2. The number of aromatic nitrogens is 6. The Morgan fingerprint density at radius 1 is 0.407 bits per heavy atom. The summed E-state index contributed by atoms with van der Waals surface area (Å²) in [4.78, 5) is 34.4. The third-order valence-electron chi connectivity index (χ3n) is 10.3. The first kappa shape index (κ1) is 30.9. The Bertz CT molecular complexity index is 2740. The highest BCUT2D eigenvalue weighted by atomic mass is 32.1. The van der Waals surface area contributed by atoms with Gasteiger partial charge in [0.1, 0.15) is 11.6 Å². The largest absolute Gasteiger partial charge is 0.278 e. The van der Waals surface area contributed by atoms with Crippen LogP contribution in [0.1, 0.15) is 22.3 Å². The van der Waals surface area contributed by atoms with Crippen molar-refractivity contribution < 1.29 is 0 Å². The summed E-state index contributed by atoms with van der Waals surface area (Å²) in [7, 11) is 0. The predicted octanol–water partition coefficient (Wildman–Crippen LogP) is 11.0. The lowest BCUT2D eigenvalue weighted by atomic mass is 9.67. The topological polar surface area (TPSA) is 80.6 Å². The summed E-state index contributed by atoms with van der Waals surface area (Å²) in [5.41, 5.74) is 10.0. The van der Waals surface area contributed by atoms with Gasteiger partial charge in [0.25, 0.3) is 0 Å². The molecule has 9 aromatic rings. The van der Waals surface area contributed by atoms with Crippen molar-refractivity contribution in [3.8, 4) is 55.2 Å². The number of fused-ring (bicyclic) bond motifs is 9. The van der Waals surface area contributed by atoms with Crippen LogP contribution < -0.4 is 4.90 Å². The SMILES string of the molecule is c1ccc(-c2nc(-c3ccc(-c4ccccn4)cc3)nc(-c3ccc(N4c5ncccc5C5(c6cccnc64)c4ccsc4-c4sccc45)cc3)n2)cc1. The summed E-state index contributed by atoms with van der Waals surface area (Å²) in [6.07, 6.45) is 5.56. The van der Waals surface area contributed by atoms with Crippen molar-refractivity contribution in [2.24, 2.45) is 0 Å². The second kappa shape index (κ2) is 12.2. The molecule has 9 heteroatoms. The highest BCUT2D eigenvalue weighted by Crippen LogP contribution is 2.64. The van der Waals surface area contributed by atoms with Crippen molar-refractivity contribution in [2.45, 2.75) is 5.41 Å². The molecular formula is C45H27N7S2. The Hall–Kier alpha value is -6.68. The molecule has 7 heterocycles. The standard InChI is InChI=1S/C45H27N7S2/c1-2-8-29(9-3-1)40-49-41(30-15-13-28(14-16-30)37-12-4-5-23-46-37)51-42(50-40)31-17-19-32(20-18-31)52-43-35(10-6-24-47-43)45(36-11-7-25-48-44(36)52)33-21-26-53-38(33)39-34(45)22-27-54-39/h1-27H. The molecule has 7 nitrogen and oxygen atoms in total. The van der Waals surface area contributed by atoms with E-state index in [0.717, 1.165) is 56.4 Å². The van der Waals surface area contributed by atoms with Gasteiger partial charge in [-0.25, -0.2) is 24.9 Å². The lowest BCUT2D eigenvalue weighted by molar-refractivity contribution is 0.740. The fraction of sp³-hybridized carbons (Fsp3) is 0.0222. The van der Waals surface area contributed by atoms with Crippen LogP contribution in [0.25, 0.3) is 55.2 Å². The average molecular weight is 730 g/mol. The molecule has 0 atom stereocenters. The van der Waals surface area contributed by atoms with Crippen molar-refractivity contribution in [1.29, 1.82) is 0 Å². The number of thiophene rings is 2. The first-order valence-electron chi connectivity index (χ1n) is 17.6. The highest BCUT2D eigenvalue weighted by molar-refractivity contribution is 7.21. The molecule has 0 saturated carbocycles. The van der Waals surface area contributed by atoms with Gasteiger partial charge < -0.3 is 0 Å². The smallest absolute Gasteiger partial charge is 0.164 e. The van der Waals surface area contributed by atoms with Crippen LogP contribution in [0, 0.1) is 0 Å². The molecule has 1 aliphatic carbocycles. The van der Waals surface area contributed by atoms with Crippen molar-refractivity contribution in [2.75, 3.05) is 4.90 Å². The molecule has 6 aromatic heterocycles. The van der Waals surface area contributed by atoms with E-state index in [-0.39, 0.29) is 0 Å². The van der Waals surface area contributed by atoms with Crippen molar-refractivity contribution >= 4 is 40.0 Å². The Morgan fingerprint density at radius 3 is 1.46 bits per heavy atom. The summed E-state index contributed by atoms with van der Waals surface area (Å²) in [6, 6.07) is 45.7. The van der Waals surface area contributed by atoms with E-state index in [1.165, 1.54) is 20.9 Å². The third-order valence-corrected chi connectivity index (χ3v) is 12.3. The average Bonchev–Trinajstić information content (AvgIpc) is 3.99. The number of nitrogens with zero attached hydrogens (tertiary/aromatic N) is 7. The van der Waals surface area contributed by atoms with Crippen LogP contribution in [0.4, 0.5) is 17.3 Å². The number of pyridine rings is 3. The van der Waals surface area contributed by atoms with Crippen LogP contribution in [0.5, 0.6) is 0 Å². The Morgan fingerprint density at radius 2 is 0.907 bits per heavy atom. The van der Waals surface area contributed by atoms with Crippen LogP contribution in [-0.4, -0.2) is 29.9 Å². The summed E-state index contributed by atoms with van der Waals surface area (Å²) < 4.78 is 0. The first-order chi connectivity index (χ1) is 26.8. The molecule has 0 saturated heterocycles. The van der Waals surface area contributed by atoms with Crippen molar-refractivity contribution in [1.82, 2.24) is 29.9 Å². The third kappa shape index (κ3) is 4.59. The quantitative estimate of drug-likeness (QED) is 0.174. The predicted molar refractivity (Wildman–Crippen MR) is 216 cm³/mol. The maximum atomic E-state index is 5.06.